The third-order valence-corrected chi connectivity index (χ3v) is 4.26. The number of para-hydroxylation sites is 1. The molecule has 5 heteroatoms. The van der Waals surface area contributed by atoms with Gasteiger partial charge in [0.1, 0.15) is 5.75 Å². The molecule has 2 amide bonds. The van der Waals surface area contributed by atoms with Gasteiger partial charge in [-0.25, -0.2) is 0 Å². The number of anilines is 1. The van der Waals surface area contributed by atoms with Crippen LogP contribution in [0.4, 0.5) is 5.69 Å². The molecule has 2 aromatic rings. The van der Waals surface area contributed by atoms with Crippen LogP contribution in [0.2, 0.25) is 0 Å². The summed E-state index contributed by atoms with van der Waals surface area (Å²) in [7, 11) is 0. The van der Waals surface area contributed by atoms with Crippen molar-refractivity contribution < 1.29 is 14.3 Å². The van der Waals surface area contributed by atoms with Gasteiger partial charge in [-0.3, -0.25) is 9.59 Å². The van der Waals surface area contributed by atoms with Crippen LogP contribution in [-0.4, -0.2) is 24.5 Å². The van der Waals surface area contributed by atoms with Crippen molar-refractivity contribution in [1.29, 1.82) is 0 Å². The molecule has 0 heterocycles. The second kappa shape index (κ2) is 10.4. The molecule has 5 nitrogen and oxygen atoms in total. The lowest BCUT2D eigenvalue weighted by molar-refractivity contribution is 0.0938. The van der Waals surface area contributed by atoms with E-state index in [9.17, 15) is 9.59 Å². The third kappa shape index (κ3) is 6.13. The van der Waals surface area contributed by atoms with Crippen molar-refractivity contribution in [2.24, 2.45) is 0 Å². The summed E-state index contributed by atoms with van der Waals surface area (Å²) >= 11 is 0. The van der Waals surface area contributed by atoms with Crippen molar-refractivity contribution >= 4 is 17.5 Å². The number of carbonyl (C=O) groups excluding carboxylic acids is 2. The van der Waals surface area contributed by atoms with Crippen LogP contribution in [0.25, 0.3) is 0 Å². The summed E-state index contributed by atoms with van der Waals surface area (Å²) in [5.41, 5.74) is 1.56. The topological polar surface area (TPSA) is 67.4 Å². The van der Waals surface area contributed by atoms with Gasteiger partial charge >= 0.3 is 0 Å². The molecule has 0 radical (unpaired) electrons. The molecule has 0 saturated carbocycles. The second-order valence-electron chi connectivity index (χ2n) is 6.52. The Morgan fingerprint density at radius 2 is 1.81 bits per heavy atom. The predicted octanol–water partition coefficient (Wildman–Crippen LogP) is 4.65. The van der Waals surface area contributed by atoms with Crippen LogP contribution < -0.4 is 15.4 Å². The Morgan fingerprint density at radius 1 is 1.04 bits per heavy atom. The van der Waals surface area contributed by atoms with Gasteiger partial charge in [0, 0.05) is 17.3 Å². The first-order valence-electron chi connectivity index (χ1n) is 9.49. The molecule has 144 valence electrons. The first kappa shape index (κ1) is 20.5. The average Bonchev–Trinajstić information content (AvgIpc) is 2.68. The molecule has 1 atom stereocenters. The van der Waals surface area contributed by atoms with Gasteiger partial charge in [-0.2, -0.15) is 0 Å². The van der Waals surface area contributed by atoms with Gasteiger partial charge in [0.25, 0.3) is 11.8 Å². The molecular formula is C22H28N2O3. The number of nitrogens with one attached hydrogen (secondary N) is 2. The summed E-state index contributed by atoms with van der Waals surface area (Å²) in [6, 6.07) is 14.2. The Labute approximate surface area is 161 Å². The Morgan fingerprint density at radius 3 is 2.56 bits per heavy atom. The van der Waals surface area contributed by atoms with Gasteiger partial charge < -0.3 is 15.4 Å². The molecule has 0 aliphatic rings. The first-order chi connectivity index (χ1) is 13.0. The highest BCUT2D eigenvalue weighted by atomic mass is 16.5. The van der Waals surface area contributed by atoms with Gasteiger partial charge in [0.2, 0.25) is 0 Å². The fourth-order valence-electron chi connectivity index (χ4n) is 2.45. The first-order valence-corrected chi connectivity index (χ1v) is 9.49. The van der Waals surface area contributed by atoms with Crippen molar-refractivity contribution in [3.05, 3.63) is 59.7 Å². The molecule has 0 fully saturated rings. The number of benzene rings is 2. The largest absolute Gasteiger partial charge is 0.493 e. The molecule has 27 heavy (non-hydrogen) atoms. The predicted molar refractivity (Wildman–Crippen MR) is 108 cm³/mol. The number of hydrogen-bond donors (Lipinski definition) is 2. The van der Waals surface area contributed by atoms with Crippen LogP contribution in [0.15, 0.2) is 48.5 Å². The van der Waals surface area contributed by atoms with E-state index >= 15 is 0 Å². The van der Waals surface area contributed by atoms with E-state index in [0.29, 0.717) is 29.2 Å². The van der Waals surface area contributed by atoms with Gasteiger partial charge in [-0.1, -0.05) is 38.5 Å². The molecule has 0 aromatic heterocycles. The Hall–Kier alpha value is -2.82. The quantitative estimate of drug-likeness (QED) is 0.633. The summed E-state index contributed by atoms with van der Waals surface area (Å²) in [6.07, 6.45) is 2.82. The molecule has 2 rings (SSSR count). The van der Waals surface area contributed by atoms with Crippen LogP contribution in [0.5, 0.6) is 5.75 Å². The number of hydrogen-bond acceptors (Lipinski definition) is 3. The second-order valence-corrected chi connectivity index (χ2v) is 6.52. The summed E-state index contributed by atoms with van der Waals surface area (Å²) in [5, 5.41) is 5.78. The fraction of sp³-hybridized carbons (Fsp3) is 0.364. The molecule has 0 saturated heterocycles. The molecule has 2 N–H and O–H groups in total. The van der Waals surface area contributed by atoms with E-state index in [1.807, 2.05) is 19.9 Å². The van der Waals surface area contributed by atoms with E-state index in [4.69, 9.17) is 4.74 Å². The van der Waals surface area contributed by atoms with Gasteiger partial charge in [0.15, 0.2) is 0 Å². The zero-order valence-electron chi connectivity index (χ0n) is 16.2. The maximum atomic E-state index is 12.7. The molecule has 0 aliphatic carbocycles. The number of carbonyl (C=O) groups is 2. The van der Waals surface area contributed by atoms with Crippen LogP contribution in [-0.2, 0) is 0 Å². The fourth-order valence-corrected chi connectivity index (χ4v) is 2.45. The molecular weight excluding hydrogens is 340 g/mol. The van der Waals surface area contributed by atoms with Gasteiger partial charge in [-0.05, 0) is 50.1 Å². The van der Waals surface area contributed by atoms with E-state index in [2.05, 4.69) is 17.6 Å². The van der Waals surface area contributed by atoms with Crippen LogP contribution in [0.3, 0.4) is 0 Å². The third-order valence-electron chi connectivity index (χ3n) is 4.26. The smallest absolute Gasteiger partial charge is 0.259 e. The number of rotatable bonds is 9. The van der Waals surface area contributed by atoms with E-state index < -0.39 is 0 Å². The summed E-state index contributed by atoms with van der Waals surface area (Å²) in [4.78, 5) is 25.0. The van der Waals surface area contributed by atoms with Crippen LogP contribution in [0, 0.1) is 0 Å². The Kier molecular flexibility index (Phi) is 7.86. The maximum absolute atomic E-state index is 12.7. The zero-order chi connectivity index (χ0) is 19.6. The van der Waals surface area contributed by atoms with Crippen molar-refractivity contribution in [3.63, 3.8) is 0 Å². The van der Waals surface area contributed by atoms with E-state index in [1.54, 1.807) is 42.5 Å². The van der Waals surface area contributed by atoms with Crippen LogP contribution >= 0.6 is 0 Å². The number of unbranched alkanes of at least 4 members (excludes halogenated alkanes) is 1. The van der Waals surface area contributed by atoms with E-state index in [1.165, 1.54) is 0 Å². The highest BCUT2D eigenvalue weighted by molar-refractivity contribution is 6.06. The van der Waals surface area contributed by atoms with E-state index in [-0.39, 0.29) is 17.9 Å². The summed E-state index contributed by atoms with van der Waals surface area (Å²) in [5.74, 6) is 0.152. The molecule has 1 unspecified atom stereocenters. The molecule has 0 bridgehead atoms. The average molecular weight is 368 g/mol. The highest BCUT2D eigenvalue weighted by Crippen LogP contribution is 2.20. The zero-order valence-corrected chi connectivity index (χ0v) is 16.2. The number of ether oxygens (including phenoxy) is 1. The maximum Gasteiger partial charge on any atom is 0.259 e. The summed E-state index contributed by atoms with van der Waals surface area (Å²) in [6.45, 7) is 6.64. The number of amides is 2. The Bertz CT molecular complexity index is 774. The van der Waals surface area contributed by atoms with E-state index in [0.717, 1.165) is 19.3 Å². The highest BCUT2D eigenvalue weighted by Gasteiger charge is 2.14. The minimum atomic E-state index is -0.262. The van der Waals surface area contributed by atoms with Crippen LogP contribution in [0.1, 0.15) is 60.7 Å². The van der Waals surface area contributed by atoms with Gasteiger partial charge in [0.05, 0.1) is 12.2 Å². The lowest BCUT2D eigenvalue weighted by Crippen LogP contribution is -2.31. The SMILES string of the molecule is CCCCOc1ccccc1C(=O)Nc1cccc(C(=O)NC(C)CC)c1. The van der Waals surface area contributed by atoms with Crippen molar-refractivity contribution in [2.45, 2.75) is 46.1 Å². The van der Waals surface area contributed by atoms with Crippen molar-refractivity contribution in [3.8, 4) is 5.75 Å². The lowest BCUT2D eigenvalue weighted by Gasteiger charge is -2.13. The summed E-state index contributed by atoms with van der Waals surface area (Å²) < 4.78 is 5.73. The monoisotopic (exact) mass is 368 g/mol. The van der Waals surface area contributed by atoms with Gasteiger partial charge in [-0.15, -0.1) is 0 Å². The minimum Gasteiger partial charge on any atom is -0.493 e. The molecule has 0 spiro atoms. The molecule has 0 aliphatic heterocycles. The Balaban J connectivity index is 2.10. The van der Waals surface area contributed by atoms with Crippen molar-refractivity contribution in [2.75, 3.05) is 11.9 Å². The lowest BCUT2D eigenvalue weighted by atomic mass is 10.1. The van der Waals surface area contributed by atoms with Crippen molar-refractivity contribution in [1.82, 2.24) is 5.32 Å². The molecule has 2 aromatic carbocycles. The standard InChI is InChI=1S/C22H28N2O3/c1-4-6-14-27-20-13-8-7-12-19(20)22(26)24-18-11-9-10-17(15-18)21(25)23-16(3)5-2/h7-13,15-16H,4-6,14H2,1-3H3,(H,23,25)(H,24,26). The normalized spacial score (nSPS) is 11.5. The minimum absolute atomic E-state index is 0.0999.